The van der Waals surface area contributed by atoms with Crippen LogP contribution in [0, 0.1) is 0 Å². The predicted molar refractivity (Wildman–Crippen MR) is 73.3 cm³/mol. The summed E-state index contributed by atoms with van der Waals surface area (Å²) < 4.78 is 5.45. The molecule has 0 atom stereocenters. The molecule has 0 amide bonds. The van der Waals surface area contributed by atoms with E-state index in [1.54, 1.807) is 30.5 Å². The first-order chi connectivity index (χ1) is 9.31. The molecule has 0 bridgehead atoms. The Bertz CT molecular complexity index is 684. The van der Waals surface area contributed by atoms with Crippen LogP contribution in [0.1, 0.15) is 5.56 Å². The van der Waals surface area contributed by atoms with Crippen LogP contribution in [0.3, 0.4) is 0 Å². The van der Waals surface area contributed by atoms with Crippen molar-refractivity contribution in [2.75, 3.05) is 5.43 Å². The number of hydrazone groups is 1. The summed E-state index contributed by atoms with van der Waals surface area (Å²) in [5, 5.41) is 13.2. The minimum atomic E-state index is 0.226. The van der Waals surface area contributed by atoms with Crippen LogP contribution in [-0.2, 0) is 0 Å². The van der Waals surface area contributed by atoms with Crippen molar-refractivity contribution < 1.29 is 9.52 Å². The second kappa shape index (κ2) is 4.81. The van der Waals surface area contributed by atoms with Gasteiger partial charge in [0.25, 0.3) is 0 Å². The maximum atomic E-state index is 9.16. The zero-order chi connectivity index (χ0) is 13.1. The quantitative estimate of drug-likeness (QED) is 0.556. The molecule has 0 aliphatic heterocycles. The first-order valence-electron chi connectivity index (χ1n) is 5.75. The van der Waals surface area contributed by atoms with Crippen LogP contribution >= 0.6 is 0 Å². The first-order valence-corrected chi connectivity index (χ1v) is 5.75. The Labute approximate surface area is 109 Å². The number of para-hydroxylation sites is 2. The number of hydrogen-bond donors (Lipinski definition) is 2. The van der Waals surface area contributed by atoms with Gasteiger partial charge in [0.2, 0.25) is 0 Å². The molecule has 5 heteroatoms. The summed E-state index contributed by atoms with van der Waals surface area (Å²) in [6, 6.07) is 14.5. The largest absolute Gasteiger partial charge is 0.508 e. The summed E-state index contributed by atoms with van der Waals surface area (Å²) in [6.45, 7) is 0. The molecule has 0 radical (unpaired) electrons. The van der Waals surface area contributed by atoms with Gasteiger partial charge in [0, 0.05) is 0 Å². The molecule has 0 aliphatic rings. The summed E-state index contributed by atoms with van der Waals surface area (Å²) in [7, 11) is 0. The zero-order valence-electron chi connectivity index (χ0n) is 9.95. The van der Waals surface area contributed by atoms with Crippen molar-refractivity contribution in [1.29, 1.82) is 0 Å². The van der Waals surface area contributed by atoms with Crippen LogP contribution in [0.2, 0.25) is 0 Å². The fourth-order valence-electron chi connectivity index (χ4n) is 1.64. The highest BCUT2D eigenvalue weighted by molar-refractivity contribution is 5.80. The van der Waals surface area contributed by atoms with Crippen molar-refractivity contribution in [1.82, 2.24) is 4.98 Å². The number of oxazole rings is 1. The van der Waals surface area contributed by atoms with Crippen molar-refractivity contribution in [3.05, 3.63) is 54.1 Å². The number of anilines is 1. The highest BCUT2D eigenvalue weighted by Gasteiger charge is 2.02. The van der Waals surface area contributed by atoms with Gasteiger partial charge in [-0.3, -0.25) is 0 Å². The second-order valence-corrected chi connectivity index (χ2v) is 3.95. The van der Waals surface area contributed by atoms with Gasteiger partial charge in [-0.2, -0.15) is 10.1 Å². The number of phenolic OH excluding ortho intramolecular Hbond substituents is 1. The molecule has 0 fully saturated rings. The second-order valence-electron chi connectivity index (χ2n) is 3.95. The highest BCUT2D eigenvalue weighted by Crippen LogP contribution is 2.17. The van der Waals surface area contributed by atoms with Gasteiger partial charge in [-0.15, -0.1) is 0 Å². The SMILES string of the molecule is Oc1ccc(/C=N/Nc2nc3ccccc3o2)cc1. The van der Waals surface area contributed by atoms with Gasteiger partial charge >= 0.3 is 6.01 Å². The summed E-state index contributed by atoms with van der Waals surface area (Å²) in [5.74, 6) is 0.226. The van der Waals surface area contributed by atoms with Gasteiger partial charge in [0.15, 0.2) is 5.58 Å². The minimum Gasteiger partial charge on any atom is -0.508 e. The molecule has 3 aromatic rings. The van der Waals surface area contributed by atoms with Crippen LogP contribution in [-0.4, -0.2) is 16.3 Å². The smallest absolute Gasteiger partial charge is 0.316 e. The first kappa shape index (κ1) is 11.3. The molecular formula is C14H11N3O2. The van der Waals surface area contributed by atoms with Gasteiger partial charge in [0.1, 0.15) is 11.3 Å². The van der Waals surface area contributed by atoms with Gasteiger partial charge < -0.3 is 9.52 Å². The van der Waals surface area contributed by atoms with E-state index in [-0.39, 0.29) is 5.75 Å². The zero-order valence-corrected chi connectivity index (χ0v) is 9.95. The summed E-state index contributed by atoms with van der Waals surface area (Å²) in [4.78, 5) is 4.23. The Kier molecular flexibility index (Phi) is 2.86. The predicted octanol–water partition coefficient (Wildman–Crippen LogP) is 2.98. The standard InChI is InChI=1S/C14H11N3O2/c18-11-7-5-10(6-8-11)9-15-17-14-16-12-3-1-2-4-13(12)19-14/h1-9,18H,(H,16,17)/b15-9+. The minimum absolute atomic E-state index is 0.226. The number of fused-ring (bicyclic) bond motifs is 1. The number of aromatic hydroxyl groups is 1. The molecule has 0 spiro atoms. The third kappa shape index (κ3) is 2.55. The normalized spacial score (nSPS) is 11.2. The third-order valence-electron chi connectivity index (χ3n) is 2.56. The van der Waals surface area contributed by atoms with Gasteiger partial charge in [-0.1, -0.05) is 12.1 Å². The maximum Gasteiger partial charge on any atom is 0.316 e. The number of benzene rings is 2. The van der Waals surface area contributed by atoms with Crippen molar-refractivity contribution >= 4 is 23.3 Å². The van der Waals surface area contributed by atoms with E-state index in [9.17, 15) is 0 Å². The van der Waals surface area contributed by atoms with Gasteiger partial charge in [-0.25, -0.2) is 5.43 Å². The van der Waals surface area contributed by atoms with Crippen LogP contribution < -0.4 is 5.43 Å². The molecule has 19 heavy (non-hydrogen) atoms. The molecule has 1 heterocycles. The summed E-state index contributed by atoms with van der Waals surface area (Å²) >= 11 is 0. The van der Waals surface area contributed by atoms with E-state index in [4.69, 9.17) is 9.52 Å². The average molecular weight is 253 g/mol. The van der Waals surface area contributed by atoms with Crippen LogP contribution in [0.25, 0.3) is 11.1 Å². The lowest BCUT2D eigenvalue weighted by atomic mass is 10.2. The van der Waals surface area contributed by atoms with E-state index in [2.05, 4.69) is 15.5 Å². The lowest BCUT2D eigenvalue weighted by Gasteiger charge is -1.94. The van der Waals surface area contributed by atoms with Gasteiger partial charge in [0.05, 0.1) is 6.21 Å². The molecule has 0 saturated heterocycles. The molecule has 0 saturated carbocycles. The molecule has 94 valence electrons. The number of aromatic nitrogens is 1. The topological polar surface area (TPSA) is 70.7 Å². The van der Waals surface area contributed by atoms with E-state index >= 15 is 0 Å². The number of nitrogens with zero attached hydrogens (tertiary/aromatic N) is 2. The molecule has 0 aliphatic carbocycles. The lowest BCUT2D eigenvalue weighted by Crippen LogP contribution is -1.90. The monoisotopic (exact) mass is 253 g/mol. The third-order valence-corrected chi connectivity index (χ3v) is 2.56. The molecule has 2 aromatic carbocycles. The molecule has 0 unspecified atom stereocenters. The molecule has 2 N–H and O–H groups in total. The summed E-state index contributed by atoms with van der Waals surface area (Å²) in [5.41, 5.74) is 5.08. The number of hydrogen-bond acceptors (Lipinski definition) is 5. The number of phenols is 1. The average Bonchev–Trinajstić information content (AvgIpc) is 2.83. The van der Waals surface area contributed by atoms with Gasteiger partial charge in [-0.05, 0) is 42.0 Å². The lowest BCUT2D eigenvalue weighted by molar-refractivity contribution is 0.475. The molecule has 1 aromatic heterocycles. The van der Waals surface area contributed by atoms with E-state index < -0.39 is 0 Å². The Morgan fingerprint density at radius 1 is 1.11 bits per heavy atom. The molecule has 3 rings (SSSR count). The highest BCUT2D eigenvalue weighted by atomic mass is 16.4. The van der Waals surface area contributed by atoms with Crippen LogP contribution in [0.4, 0.5) is 6.01 Å². The van der Waals surface area contributed by atoms with Crippen molar-refractivity contribution in [3.63, 3.8) is 0 Å². The van der Waals surface area contributed by atoms with E-state index in [0.717, 1.165) is 11.1 Å². The molecule has 5 nitrogen and oxygen atoms in total. The maximum absolute atomic E-state index is 9.16. The Balaban J connectivity index is 1.73. The Morgan fingerprint density at radius 3 is 2.68 bits per heavy atom. The van der Waals surface area contributed by atoms with E-state index in [0.29, 0.717) is 11.6 Å². The van der Waals surface area contributed by atoms with Crippen molar-refractivity contribution in [2.24, 2.45) is 5.10 Å². The Hall–Kier alpha value is -2.82. The van der Waals surface area contributed by atoms with Crippen molar-refractivity contribution in [3.8, 4) is 5.75 Å². The van der Waals surface area contributed by atoms with Crippen molar-refractivity contribution in [2.45, 2.75) is 0 Å². The number of rotatable bonds is 3. The van der Waals surface area contributed by atoms with Crippen LogP contribution in [0.5, 0.6) is 5.75 Å². The Morgan fingerprint density at radius 2 is 1.89 bits per heavy atom. The number of nitrogens with one attached hydrogen (secondary N) is 1. The summed E-state index contributed by atoms with van der Waals surface area (Å²) in [6.07, 6.45) is 1.62. The van der Waals surface area contributed by atoms with E-state index in [1.807, 2.05) is 24.3 Å². The fourth-order valence-corrected chi connectivity index (χ4v) is 1.64. The van der Waals surface area contributed by atoms with Crippen LogP contribution in [0.15, 0.2) is 58.0 Å². The fraction of sp³-hybridized carbons (Fsp3) is 0. The molecular weight excluding hydrogens is 242 g/mol. The van der Waals surface area contributed by atoms with E-state index in [1.165, 1.54) is 0 Å².